The van der Waals surface area contributed by atoms with E-state index >= 15 is 0 Å². The van der Waals surface area contributed by atoms with Gasteiger partial charge in [0, 0.05) is 25.8 Å². The predicted octanol–water partition coefficient (Wildman–Crippen LogP) is 5.65. The van der Waals surface area contributed by atoms with Crippen molar-refractivity contribution in [2.24, 2.45) is 13.0 Å². The van der Waals surface area contributed by atoms with E-state index in [0.29, 0.717) is 19.4 Å². The summed E-state index contributed by atoms with van der Waals surface area (Å²) in [7, 11) is 1.93. The molecule has 0 spiro atoms. The lowest BCUT2D eigenvalue weighted by atomic mass is 9.85. The van der Waals surface area contributed by atoms with Crippen LogP contribution in [0.5, 0.6) is 0 Å². The minimum atomic E-state index is -2.87. The molecular weight excluding hydrogens is 538 g/mol. The molecule has 11 heteroatoms. The molecule has 5 aromatic rings. The van der Waals surface area contributed by atoms with Crippen LogP contribution in [0.1, 0.15) is 48.2 Å². The molecule has 0 bridgehead atoms. The fourth-order valence-corrected chi connectivity index (χ4v) is 5.87. The molecule has 0 aliphatic heterocycles. The molecule has 1 fully saturated rings. The Morgan fingerprint density at radius 1 is 1.05 bits per heavy atom. The zero-order valence-corrected chi connectivity index (χ0v) is 22.5. The van der Waals surface area contributed by atoms with Crippen molar-refractivity contribution in [2.75, 3.05) is 0 Å². The molecule has 0 radical (unpaired) electrons. The largest absolute Gasteiger partial charge is 0.349 e. The van der Waals surface area contributed by atoms with E-state index in [9.17, 15) is 18.4 Å². The molecule has 0 atom stereocenters. The summed E-state index contributed by atoms with van der Waals surface area (Å²) in [5.41, 5.74) is 3.36. The maximum absolute atomic E-state index is 13.8. The fourth-order valence-electron chi connectivity index (χ4n) is 5.71. The van der Waals surface area contributed by atoms with Crippen LogP contribution in [0.4, 0.5) is 8.78 Å². The maximum atomic E-state index is 13.8. The van der Waals surface area contributed by atoms with Gasteiger partial charge in [0.15, 0.2) is 0 Å². The van der Waals surface area contributed by atoms with Crippen molar-refractivity contribution in [1.82, 2.24) is 29.0 Å². The van der Waals surface area contributed by atoms with Gasteiger partial charge in [0.25, 0.3) is 12.3 Å². The molecule has 1 saturated carbocycles. The number of carbonyl (C=O) groups is 1. The first-order valence-corrected chi connectivity index (χ1v) is 13.5. The van der Waals surface area contributed by atoms with Gasteiger partial charge in [0.2, 0.25) is 0 Å². The average molecular weight is 565 g/mol. The van der Waals surface area contributed by atoms with E-state index in [4.69, 9.17) is 11.6 Å². The number of aromatic nitrogens is 5. The summed E-state index contributed by atoms with van der Waals surface area (Å²) in [4.78, 5) is 34.6. The lowest BCUT2D eigenvalue weighted by molar-refractivity contribution is 0.0904. The topological polar surface area (TPSA) is 86.7 Å². The zero-order chi connectivity index (χ0) is 28.0. The number of hydrogen-bond acceptors (Lipinski definition) is 4. The molecule has 0 unspecified atom stereocenters. The Kier molecular flexibility index (Phi) is 6.87. The summed E-state index contributed by atoms with van der Waals surface area (Å²) in [6.45, 7) is 0.548. The van der Waals surface area contributed by atoms with Gasteiger partial charge in [-0.3, -0.25) is 18.9 Å². The van der Waals surface area contributed by atoms with Crippen LogP contribution in [0.15, 0.2) is 65.8 Å². The first-order valence-electron chi connectivity index (χ1n) is 13.2. The molecule has 206 valence electrons. The van der Waals surface area contributed by atoms with E-state index in [1.54, 1.807) is 10.9 Å². The lowest BCUT2D eigenvalue weighted by Crippen LogP contribution is -2.39. The van der Waals surface area contributed by atoms with E-state index in [0.717, 1.165) is 46.8 Å². The number of amides is 1. The van der Waals surface area contributed by atoms with Gasteiger partial charge < -0.3 is 9.88 Å². The number of para-hydroxylation sites is 2. The van der Waals surface area contributed by atoms with E-state index < -0.39 is 18.0 Å². The Bertz CT molecular complexity index is 1780. The fraction of sp³-hybridized carbons (Fsp3) is 0.310. The second-order valence-electron chi connectivity index (χ2n) is 10.3. The number of alkyl halides is 2. The molecule has 40 heavy (non-hydrogen) atoms. The lowest BCUT2D eigenvalue weighted by Gasteiger charge is -2.29. The molecule has 1 aliphatic carbocycles. The quantitative estimate of drug-likeness (QED) is 0.289. The Morgan fingerprint density at radius 3 is 2.55 bits per heavy atom. The molecule has 1 amide bonds. The van der Waals surface area contributed by atoms with Crippen LogP contribution in [-0.4, -0.2) is 35.6 Å². The van der Waals surface area contributed by atoms with E-state index in [1.807, 2.05) is 58.6 Å². The molecule has 2 aromatic carbocycles. The van der Waals surface area contributed by atoms with Gasteiger partial charge in [-0.2, -0.15) is 0 Å². The second kappa shape index (κ2) is 10.5. The van der Waals surface area contributed by atoms with E-state index in [-0.39, 0.29) is 28.2 Å². The standard InChI is InChI=1S/C29H27ClF2N6O2/c1-36-16-34-22-13-20(10-11-23(22)36)38-25-5-3-2-4-24(25)37(29(38)40)15-17-6-8-19(9-7-17)35-28(39)21-12-18(30)14-33-26(21)27(31)32/h2-5,10-14,16-17,19,27H,6-9,15H2,1H3,(H,35,39). The number of carbonyl (C=O) groups excluding carboxylic acids is 1. The second-order valence-corrected chi connectivity index (χ2v) is 10.8. The molecule has 3 aromatic heterocycles. The Balaban J connectivity index is 1.19. The first kappa shape index (κ1) is 26.2. The molecule has 6 rings (SSSR count). The molecule has 3 heterocycles. The number of benzene rings is 2. The highest BCUT2D eigenvalue weighted by Crippen LogP contribution is 2.29. The average Bonchev–Trinajstić information content (AvgIpc) is 3.45. The van der Waals surface area contributed by atoms with E-state index in [1.165, 1.54) is 6.07 Å². The highest BCUT2D eigenvalue weighted by molar-refractivity contribution is 6.30. The highest BCUT2D eigenvalue weighted by Gasteiger charge is 2.27. The van der Waals surface area contributed by atoms with Crippen LogP contribution in [-0.2, 0) is 13.6 Å². The van der Waals surface area contributed by atoms with Crippen molar-refractivity contribution in [3.63, 3.8) is 0 Å². The summed E-state index contributed by atoms with van der Waals surface area (Å²) in [6.07, 6.45) is 2.92. The Morgan fingerprint density at radius 2 is 1.80 bits per heavy atom. The molecule has 8 nitrogen and oxygen atoms in total. The smallest absolute Gasteiger partial charge is 0.333 e. The van der Waals surface area contributed by atoms with Gasteiger partial charge >= 0.3 is 5.69 Å². The van der Waals surface area contributed by atoms with Crippen LogP contribution in [0.2, 0.25) is 5.02 Å². The summed E-state index contributed by atoms with van der Waals surface area (Å²) < 4.78 is 32.2. The van der Waals surface area contributed by atoms with Crippen LogP contribution in [0.3, 0.4) is 0 Å². The molecule has 0 saturated heterocycles. The third-order valence-corrected chi connectivity index (χ3v) is 7.97. The number of nitrogens with zero attached hydrogens (tertiary/aromatic N) is 5. The number of nitrogens with one attached hydrogen (secondary N) is 1. The zero-order valence-electron chi connectivity index (χ0n) is 21.7. The first-order chi connectivity index (χ1) is 19.3. The summed E-state index contributed by atoms with van der Waals surface area (Å²) in [6, 6.07) is 14.6. The Labute approximate surface area is 233 Å². The van der Waals surface area contributed by atoms with Crippen molar-refractivity contribution in [1.29, 1.82) is 0 Å². The normalized spacial score (nSPS) is 17.6. The summed E-state index contributed by atoms with van der Waals surface area (Å²) in [5.74, 6) is -0.370. The van der Waals surface area contributed by atoms with Crippen LogP contribution < -0.4 is 11.0 Å². The third kappa shape index (κ3) is 4.77. The SMILES string of the molecule is Cn1cnc2cc(-n3c(=O)n(CC4CCC(NC(=O)c5cc(Cl)cnc5C(F)F)CC4)c4ccccc43)ccc21. The van der Waals surface area contributed by atoms with Gasteiger partial charge in [-0.1, -0.05) is 23.7 Å². The number of rotatable bonds is 6. The number of hydrogen-bond donors (Lipinski definition) is 1. The van der Waals surface area contributed by atoms with Gasteiger partial charge in [-0.25, -0.2) is 18.6 Å². The highest BCUT2D eigenvalue weighted by atomic mass is 35.5. The monoisotopic (exact) mass is 564 g/mol. The van der Waals surface area contributed by atoms with Gasteiger partial charge in [0.1, 0.15) is 5.69 Å². The van der Waals surface area contributed by atoms with Gasteiger partial charge in [0.05, 0.1) is 44.7 Å². The van der Waals surface area contributed by atoms with Crippen molar-refractivity contribution in [2.45, 2.75) is 44.7 Å². The number of fused-ring (bicyclic) bond motifs is 2. The maximum Gasteiger partial charge on any atom is 0.333 e. The molecular formula is C29H27ClF2N6O2. The number of halogens is 3. The van der Waals surface area contributed by atoms with E-state index in [2.05, 4.69) is 15.3 Å². The molecule has 1 N–H and O–H groups in total. The summed E-state index contributed by atoms with van der Waals surface area (Å²) >= 11 is 5.91. The molecule has 1 aliphatic rings. The number of imidazole rings is 2. The third-order valence-electron chi connectivity index (χ3n) is 7.76. The minimum Gasteiger partial charge on any atom is -0.349 e. The minimum absolute atomic E-state index is 0.111. The van der Waals surface area contributed by atoms with Crippen molar-refractivity contribution in [3.05, 3.63) is 87.8 Å². The van der Waals surface area contributed by atoms with Crippen LogP contribution >= 0.6 is 11.6 Å². The number of aryl methyl sites for hydroxylation is 1. The van der Waals surface area contributed by atoms with Gasteiger partial charge in [-0.05, 0) is 68.0 Å². The Hall–Kier alpha value is -4.05. The van der Waals surface area contributed by atoms with Crippen molar-refractivity contribution >= 4 is 39.6 Å². The number of pyridine rings is 1. The van der Waals surface area contributed by atoms with Crippen LogP contribution in [0.25, 0.3) is 27.8 Å². The summed E-state index contributed by atoms with van der Waals surface area (Å²) in [5, 5.41) is 3.00. The van der Waals surface area contributed by atoms with Crippen LogP contribution in [0, 0.1) is 5.92 Å². The van der Waals surface area contributed by atoms with Crippen molar-refractivity contribution < 1.29 is 13.6 Å². The van der Waals surface area contributed by atoms with Gasteiger partial charge in [-0.15, -0.1) is 0 Å². The van der Waals surface area contributed by atoms with Crippen molar-refractivity contribution in [3.8, 4) is 5.69 Å². The predicted molar refractivity (Wildman–Crippen MR) is 149 cm³/mol.